The number of halogens is 1. The molecule has 0 saturated carbocycles. The highest BCUT2D eigenvalue weighted by atomic mass is 35.5. The molecule has 0 radical (unpaired) electrons. The van der Waals surface area contributed by atoms with Crippen LogP contribution in [0.2, 0.25) is 5.02 Å². The number of rotatable bonds is 2. The van der Waals surface area contributed by atoms with Crippen molar-refractivity contribution in [2.24, 2.45) is 12.0 Å². The molecule has 1 aromatic heterocycles. The molecule has 6 heteroatoms. The van der Waals surface area contributed by atoms with Gasteiger partial charge in [-0.25, -0.2) is 4.98 Å². The predicted octanol–water partition coefficient (Wildman–Crippen LogP) is 1.62. The van der Waals surface area contributed by atoms with Gasteiger partial charge in [0.15, 0.2) is 5.96 Å². The molecule has 2 heterocycles. The molecule has 100 valence electrons. The number of likely N-dealkylation sites (N-methyl/N-ethyl adjacent to an activating group) is 1. The summed E-state index contributed by atoms with van der Waals surface area (Å²) in [6, 6.07) is 5.78. The topological polar surface area (TPSA) is 45.4 Å². The summed E-state index contributed by atoms with van der Waals surface area (Å²) in [4.78, 5) is 11.1. The minimum Gasteiger partial charge on any atom is -0.349 e. The van der Waals surface area contributed by atoms with Crippen LogP contribution < -0.4 is 5.32 Å². The Morgan fingerprint density at radius 1 is 1.37 bits per heavy atom. The van der Waals surface area contributed by atoms with E-state index in [1.165, 1.54) is 0 Å². The number of hydrogen-bond donors (Lipinski definition) is 1. The highest BCUT2D eigenvalue weighted by Gasteiger charge is 2.14. The van der Waals surface area contributed by atoms with E-state index < -0.39 is 0 Å². The highest BCUT2D eigenvalue weighted by Crippen LogP contribution is 2.23. The molecule has 1 N–H and O–H groups in total. The van der Waals surface area contributed by atoms with Gasteiger partial charge in [-0.05, 0) is 12.1 Å². The molecule has 0 unspecified atom stereocenters. The van der Waals surface area contributed by atoms with Crippen molar-refractivity contribution in [3.8, 4) is 0 Å². The van der Waals surface area contributed by atoms with E-state index in [0.29, 0.717) is 6.54 Å². The van der Waals surface area contributed by atoms with Crippen molar-refractivity contribution in [3.63, 3.8) is 0 Å². The number of aryl methyl sites for hydroxylation is 1. The van der Waals surface area contributed by atoms with Crippen LogP contribution in [0.25, 0.3) is 11.0 Å². The van der Waals surface area contributed by atoms with Crippen LogP contribution in [0.4, 0.5) is 0 Å². The Morgan fingerprint density at radius 3 is 2.89 bits per heavy atom. The fourth-order valence-corrected chi connectivity index (χ4v) is 2.61. The Bertz CT molecular complexity index is 646. The van der Waals surface area contributed by atoms with Gasteiger partial charge in [-0.1, -0.05) is 17.7 Å². The summed E-state index contributed by atoms with van der Waals surface area (Å²) in [6.45, 7) is 2.47. The highest BCUT2D eigenvalue weighted by molar-refractivity contribution is 6.35. The van der Waals surface area contributed by atoms with Gasteiger partial charge in [0, 0.05) is 20.6 Å². The first-order chi connectivity index (χ1) is 9.16. The van der Waals surface area contributed by atoms with E-state index in [-0.39, 0.29) is 0 Å². The van der Waals surface area contributed by atoms with E-state index in [0.717, 1.165) is 40.9 Å². The number of nitrogens with zero attached hydrogens (tertiary/aromatic N) is 4. The molecule has 1 aliphatic rings. The second-order valence-electron chi connectivity index (χ2n) is 4.68. The van der Waals surface area contributed by atoms with Crippen LogP contribution >= 0.6 is 11.6 Å². The number of imidazole rings is 1. The molecule has 2 aromatic rings. The van der Waals surface area contributed by atoms with Gasteiger partial charge in [-0.2, -0.15) is 0 Å². The van der Waals surface area contributed by atoms with Gasteiger partial charge in [0.1, 0.15) is 5.82 Å². The summed E-state index contributed by atoms with van der Waals surface area (Å²) in [7, 11) is 4.02. The molecule has 0 amide bonds. The lowest BCUT2D eigenvalue weighted by molar-refractivity contribution is 0.531. The second-order valence-corrected chi connectivity index (χ2v) is 5.08. The van der Waals surface area contributed by atoms with Gasteiger partial charge in [0.05, 0.1) is 29.1 Å². The SMILES string of the molecule is CN1CCN=C1NCc1nc2cccc(Cl)c2n1C. The molecule has 3 rings (SSSR count). The zero-order chi connectivity index (χ0) is 13.4. The third-order valence-corrected chi connectivity index (χ3v) is 3.71. The first-order valence-corrected chi connectivity index (χ1v) is 6.64. The number of para-hydroxylation sites is 1. The minimum atomic E-state index is 0.644. The molecule has 0 spiro atoms. The number of aliphatic imine (C=N–C) groups is 1. The van der Waals surface area contributed by atoms with E-state index in [2.05, 4.69) is 20.2 Å². The quantitative estimate of drug-likeness (QED) is 0.907. The Labute approximate surface area is 116 Å². The number of hydrogen-bond acceptors (Lipinski definition) is 4. The van der Waals surface area contributed by atoms with E-state index in [9.17, 15) is 0 Å². The summed E-state index contributed by atoms with van der Waals surface area (Å²) < 4.78 is 2.03. The third kappa shape index (κ3) is 2.14. The number of fused-ring (bicyclic) bond motifs is 1. The summed E-state index contributed by atoms with van der Waals surface area (Å²) in [5, 5.41) is 4.05. The van der Waals surface area contributed by atoms with Crippen LogP contribution in [0.15, 0.2) is 23.2 Å². The lowest BCUT2D eigenvalue weighted by Crippen LogP contribution is -2.35. The molecule has 1 aliphatic heterocycles. The lowest BCUT2D eigenvalue weighted by Gasteiger charge is -2.14. The van der Waals surface area contributed by atoms with Gasteiger partial charge >= 0.3 is 0 Å². The van der Waals surface area contributed by atoms with Crippen molar-refractivity contribution in [2.45, 2.75) is 6.54 Å². The molecule has 5 nitrogen and oxygen atoms in total. The standard InChI is InChI=1S/C13H16ClN5/c1-18-7-6-15-13(18)16-8-11-17-10-5-3-4-9(14)12(10)19(11)2/h3-5H,6-8H2,1-2H3,(H,15,16). The van der Waals surface area contributed by atoms with E-state index in [1.807, 2.05) is 36.9 Å². The maximum atomic E-state index is 6.21. The molecule has 1 aromatic carbocycles. The Hall–Kier alpha value is -1.75. The smallest absolute Gasteiger partial charge is 0.194 e. The Kier molecular flexibility index (Phi) is 3.06. The molecule has 0 fully saturated rings. The predicted molar refractivity (Wildman–Crippen MR) is 77.5 cm³/mol. The van der Waals surface area contributed by atoms with E-state index in [4.69, 9.17) is 11.6 Å². The monoisotopic (exact) mass is 277 g/mol. The molecule has 0 bridgehead atoms. The van der Waals surface area contributed by atoms with Crippen molar-refractivity contribution >= 4 is 28.6 Å². The van der Waals surface area contributed by atoms with Gasteiger partial charge in [0.2, 0.25) is 0 Å². The van der Waals surface area contributed by atoms with Crippen LogP contribution in [0.1, 0.15) is 5.82 Å². The van der Waals surface area contributed by atoms with Crippen molar-refractivity contribution in [2.75, 3.05) is 20.1 Å². The molecule has 0 aliphatic carbocycles. The zero-order valence-electron chi connectivity index (χ0n) is 11.0. The first-order valence-electron chi connectivity index (χ1n) is 6.26. The summed E-state index contributed by atoms with van der Waals surface area (Å²) in [5.41, 5.74) is 1.90. The van der Waals surface area contributed by atoms with Crippen LogP contribution in [0.3, 0.4) is 0 Å². The van der Waals surface area contributed by atoms with Gasteiger partial charge in [0.25, 0.3) is 0 Å². The van der Waals surface area contributed by atoms with Gasteiger partial charge in [-0.15, -0.1) is 0 Å². The zero-order valence-corrected chi connectivity index (χ0v) is 11.8. The van der Waals surface area contributed by atoms with Crippen molar-refractivity contribution in [1.82, 2.24) is 19.8 Å². The fourth-order valence-electron chi connectivity index (χ4n) is 2.31. The maximum Gasteiger partial charge on any atom is 0.194 e. The van der Waals surface area contributed by atoms with Gasteiger partial charge < -0.3 is 14.8 Å². The van der Waals surface area contributed by atoms with Crippen molar-refractivity contribution < 1.29 is 0 Å². The largest absolute Gasteiger partial charge is 0.349 e. The fraction of sp³-hybridized carbons (Fsp3) is 0.385. The van der Waals surface area contributed by atoms with E-state index >= 15 is 0 Å². The van der Waals surface area contributed by atoms with E-state index in [1.54, 1.807) is 0 Å². The Morgan fingerprint density at radius 2 is 2.21 bits per heavy atom. The third-order valence-electron chi connectivity index (χ3n) is 3.40. The summed E-state index contributed by atoms with van der Waals surface area (Å²) in [5.74, 6) is 1.88. The number of aromatic nitrogens is 2. The second kappa shape index (κ2) is 4.74. The molecule has 0 saturated heterocycles. The average Bonchev–Trinajstić information content (AvgIpc) is 2.92. The van der Waals surface area contributed by atoms with Crippen molar-refractivity contribution in [3.05, 3.63) is 29.0 Å². The van der Waals surface area contributed by atoms with Crippen LogP contribution in [-0.2, 0) is 13.6 Å². The summed E-state index contributed by atoms with van der Waals surface area (Å²) >= 11 is 6.21. The van der Waals surface area contributed by atoms with Gasteiger partial charge in [-0.3, -0.25) is 4.99 Å². The normalized spacial score (nSPS) is 15.1. The number of benzene rings is 1. The van der Waals surface area contributed by atoms with Crippen LogP contribution in [0.5, 0.6) is 0 Å². The maximum absolute atomic E-state index is 6.21. The van der Waals surface area contributed by atoms with Crippen LogP contribution in [0, 0.1) is 0 Å². The van der Waals surface area contributed by atoms with Crippen molar-refractivity contribution in [1.29, 1.82) is 0 Å². The average molecular weight is 278 g/mol. The lowest BCUT2D eigenvalue weighted by atomic mass is 10.3. The molecule has 19 heavy (non-hydrogen) atoms. The number of nitrogens with one attached hydrogen (secondary N) is 1. The Balaban J connectivity index is 1.85. The number of guanidine groups is 1. The van der Waals surface area contributed by atoms with Crippen LogP contribution in [-0.4, -0.2) is 40.5 Å². The first kappa shape index (κ1) is 12.3. The minimum absolute atomic E-state index is 0.644. The molecule has 0 atom stereocenters. The summed E-state index contributed by atoms with van der Waals surface area (Å²) in [6.07, 6.45) is 0. The molecular formula is C13H16ClN5. The molecular weight excluding hydrogens is 262 g/mol.